The van der Waals surface area contributed by atoms with Crippen LogP contribution in [-0.2, 0) is 16.1 Å². The molecule has 1 atom stereocenters. The molecule has 0 saturated carbocycles. The normalized spacial score (nSPS) is 13.2. The van der Waals surface area contributed by atoms with E-state index in [-0.39, 0.29) is 6.10 Å². The maximum Gasteiger partial charge on any atom is 0.0814 e. The fourth-order valence-corrected chi connectivity index (χ4v) is 2.31. The predicted octanol–water partition coefficient (Wildman–Crippen LogP) is 3.06. The summed E-state index contributed by atoms with van der Waals surface area (Å²) in [6, 6.07) is 2.07. The number of hydrogen-bond acceptors (Lipinski definition) is 3. The van der Waals surface area contributed by atoms with Gasteiger partial charge in [-0.15, -0.1) is 11.3 Å². The Hall–Kier alpha value is 0.1000. The third kappa shape index (κ3) is 4.22. The lowest BCUT2D eigenvalue weighted by Crippen LogP contribution is -2.14. The zero-order chi connectivity index (χ0) is 9.68. The van der Waals surface area contributed by atoms with Crippen LogP contribution in [0, 0.1) is 0 Å². The standard InChI is InChI=1S/C9H13BrO2S/c1-7(4-11-2)12-5-9-3-8(10)6-13-9/h3,6-7H,4-5H2,1-2H3. The molecule has 0 fully saturated rings. The molecule has 1 aromatic rings. The Bertz CT molecular complexity index is 250. The first-order valence-electron chi connectivity index (χ1n) is 4.06. The van der Waals surface area contributed by atoms with Crippen LogP contribution in [0.1, 0.15) is 11.8 Å². The molecule has 0 amide bonds. The van der Waals surface area contributed by atoms with Crippen LogP contribution in [0.15, 0.2) is 15.9 Å². The molecule has 0 saturated heterocycles. The van der Waals surface area contributed by atoms with Crippen molar-refractivity contribution in [1.29, 1.82) is 0 Å². The Kier molecular flexibility index (Phi) is 4.94. The van der Waals surface area contributed by atoms with E-state index in [1.807, 2.05) is 6.92 Å². The van der Waals surface area contributed by atoms with Gasteiger partial charge in [-0.1, -0.05) is 0 Å². The van der Waals surface area contributed by atoms with E-state index < -0.39 is 0 Å². The van der Waals surface area contributed by atoms with Gasteiger partial charge < -0.3 is 9.47 Å². The Balaban J connectivity index is 2.26. The van der Waals surface area contributed by atoms with E-state index in [0.29, 0.717) is 13.2 Å². The molecular formula is C9H13BrO2S. The maximum atomic E-state index is 5.55. The molecule has 0 N–H and O–H groups in total. The molecule has 1 unspecified atom stereocenters. The quantitative estimate of drug-likeness (QED) is 0.814. The van der Waals surface area contributed by atoms with Gasteiger partial charge >= 0.3 is 0 Å². The van der Waals surface area contributed by atoms with Crippen LogP contribution in [0.5, 0.6) is 0 Å². The first kappa shape index (κ1) is 11.2. The largest absolute Gasteiger partial charge is 0.382 e. The van der Waals surface area contributed by atoms with Gasteiger partial charge in [-0.25, -0.2) is 0 Å². The molecule has 74 valence electrons. The Morgan fingerprint density at radius 2 is 2.38 bits per heavy atom. The fraction of sp³-hybridized carbons (Fsp3) is 0.556. The van der Waals surface area contributed by atoms with Crippen molar-refractivity contribution in [2.75, 3.05) is 13.7 Å². The maximum absolute atomic E-state index is 5.55. The van der Waals surface area contributed by atoms with E-state index in [9.17, 15) is 0 Å². The molecule has 0 aromatic carbocycles. The highest BCUT2D eigenvalue weighted by atomic mass is 79.9. The summed E-state index contributed by atoms with van der Waals surface area (Å²) in [6.45, 7) is 3.32. The third-order valence-electron chi connectivity index (χ3n) is 1.53. The summed E-state index contributed by atoms with van der Waals surface area (Å²) in [5.41, 5.74) is 0. The Morgan fingerprint density at radius 3 is 2.92 bits per heavy atom. The van der Waals surface area contributed by atoms with Gasteiger partial charge in [0.2, 0.25) is 0 Å². The second-order valence-electron chi connectivity index (χ2n) is 2.81. The molecule has 0 aliphatic heterocycles. The van der Waals surface area contributed by atoms with Gasteiger partial charge in [-0.2, -0.15) is 0 Å². The van der Waals surface area contributed by atoms with Crippen LogP contribution in [0.4, 0.5) is 0 Å². The number of thiophene rings is 1. The molecule has 0 radical (unpaired) electrons. The summed E-state index contributed by atoms with van der Waals surface area (Å²) in [5, 5.41) is 2.06. The number of ether oxygens (including phenoxy) is 2. The number of halogens is 1. The molecule has 0 aliphatic rings. The van der Waals surface area contributed by atoms with E-state index >= 15 is 0 Å². The monoisotopic (exact) mass is 264 g/mol. The van der Waals surface area contributed by atoms with Gasteiger partial charge in [0.15, 0.2) is 0 Å². The second kappa shape index (κ2) is 5.75. The minimum atomic E-state index is 0.158. The molecule has 13 heavy (non-hydrogen) atoms. The molecule has 0 spiro atoms. The van der Waals surface area contributed by atoms with E-state index in [4.69, 9.17) is 9.47 Å². The van der Waals surface area contributed by atoms with Gasteiger partial charge in [-0.3, -0.25) is 0 Å². The van der Waals surface area contributed by atoms with Crippen molar-refractivity contribution < 1.29 is 9.47 Å². The molecule has 2 nitrogen and oxygen atoms in total. The van der Waals surface area contributed by atoms with Crippen LogP contribution in [0.2, 0.25) is 0 Å². The van der Waals surface area contributed by atoms with Crippen molar-refractivity contribution in [2.24, 2.45) is 0 Å². The highest BCUT2D eigenvalue weighted by Crippen LogP contribution is 2.20. The highest BCUT2D eigenvalue weighted by molar-refractivity contribution is 9.10. The number of methoxy groups -OCH3 is 1. The Labute approximate surface area is 91.0 Å². The fourth-order valence-electron chi connectivity index (χ4n) is 0.937. The highest BCUT2D eigenvalue weighted by Gasteiger charge is 2.03. The molecule has 4 heteroatoms. The van der Waals surface area contributed by atoms with Gasteiger partial charge in [0, 0.05) is 21.8 Å². The second-order valence-corrected chi connectivity index (χ2v) is 4.72. The average Bonchev–Trinajstić information content (AvgIpc) is 2.49. The molecule has 0 bridgehead atoms. The summed E-state index contributed by atoms with van der Waals surface area (Å²) in [6.07, 6.45) is 0.158. The van der Waals surface area contributed by atoms with E-state index in [1.54, 1.807) is 18.4 Å². The van der Waals surface area contributed by atoms with Crippen molar-refractivity contribution in [3.8, 4) is 0 Å². The first-order valence-corrected chi connectivity index (χ1v) is 5.73. The topological polar surface area (TPSA) is 18.5 Å². The molecule has 0 aliphatic carbocycles. The first-order chi connectivity index (χ1) is 6.22. The average molecular weight is 265 g/mol. The summed E-state index contributed by atoms with van der Waals surface area (Å²) in [7, 11) is 1.68. The lowest BCUT2D eigenvalue weighted by atomic mass is 10.4. The van der Waals surface area contributed by atoms with Crippen LogP contribution in [0.25, 0.3) is 0 Å². The van der Waals surface area contributed by atoms with Crippen LogP contribution in [0.3, 0.4) is 0 Å². The summed E-state index contributed by atoms with van der Waals surface area (Å²) in [5.74, 6) is 0. The van der Waals surface area contributed by atoms with E-state index in [1.165, 1.54) is 4.88 Å². The lowest BCUT2D eigenvalue weighted by Gasteiger charge is -2.10. The summed E-state index contributed by atoms with van der Waals surface area (Å²) in [4.78, 5) is 1.23. The molecule has 1 heterocycles. The van der Waals surface area contributed by atoms with Crippen LogP contribution < -0.4 is 0 Å². The van der Waals surface area contributed by atoms with Crippen LogP contribution >= 0.6 is 27.3 Å². The number of hydrogen-bond donors (Lipinski definition) is 0. The predicted molar refractivity (Wildman–Crippen MR) is 58.1 cm³/mol. The van der Waals surface area contributed by atoms with E-state index in [0.717, 1.165) is 4.47 Å². The summed E-state index contributed by atoms with van der Waals surface area (Å²) >= 11 is 5.10. The van der Waals surface area contributed by atoms with Gasteiger partial charge in [0.25, 0.3) is 0 Å². The number of rotatable bonds is 5. The van der Waals surface area contributed by atoms with Gasteiger partial charge in [-0.05, 0) is 28.9 Å². The van der Waals surface area contributed by atoms with Crippen molar-refractivity contribution in [2.45, 2.75) is 19.6 Å². The lowest BCUT2D eigenvalue weighted by molar-refractivity contribution is 0.000919. The van der Waals surface area contributed by atoms with Crippen LogP contribution in [-0.4, -0.2) is 19.8 Å². The van der Waals surface area contributed by atoms with Crippen molar-refractivity contribution >= 4 is 27.3 Å². The summed E-state index contributed by atoms with van der Waals surface area (Å²) < 4.78 is 11.6. The SMILES string of the molecule is COCC(C)OCc1cc(Br)cs1. The minimum Gasteiger partial charge on any atom is -0.382 e. The molecular weight excluding hydrogens is 252 g/mol. The minimum absolute atomic E-state index is 0.158. The molecule has 1 aromatic heterocycles. The van der Waals surface area contributed by atoms with Crippen molar-refractivity contribution in [3.63, 3.8) is 0 Å². The Morgan fingerprint density at radius 1 is 1.62 bits per heavy atom. The molecule has 1 rings (SSSR count). The van der Waals surface area contributed by atoms with Gasteiger partial charge in [0.05, 0.1) is 19.3 Å². The van der Waals surface area contributed by atoms with E-state index in [2.05, 4.69) is 27.4 Å². The third-order valence-corrected chi connectivity index (χ3v) is 3.20. The zero-order valence-corrected chi connectivity index (χ0v) is 10.2. The smallest absolute Gasteiger partial charge is 0.0814 e. The zero-order valence-electron chi connectivity index (χ0n) is 7.75. The van der Waals surface area contributed by atoms with Gasteiger partial charge in [0.1, 0.15) is 0 Å². The van der Waals surface area contributed by atoms with Crippen molar-refractivity contribution in [1.82, 2.24) is 0 Å². The van der Waals surface area contributed by atoms with Crippen molar-refractivity contribution in [3.05, 3.63) is 20.8 Å².